The van der Waals surface area contributed by atoms with Crippen molar-refractivity contribution in [2.24, 2.45) is 0 Å². The molecule has 1 aromatic rings. The lowest BCUT2D eigenvalue weighted by molar-refractivity contribution is 0.0683. The van der Waals surface area contributed by atoms with E-state index >= 15 is 0 Å². The third kappa shape index (κ3) is 2.80. The zero-order valence-corrected chi connectivity index (χ0v) is 8.56. The highest BCUT2D eigenvalue weighted by atomic mass is 16.4. The van der Waals surface area contributed by atoms with Gasteiger partial charge < -0.3 is 9.67 Å². The fourth-order valence-electron chi connectivity index (χ4n) is 1.24. The highest BCUT2D eigenvalue weighted by molar-refractivity contribution is 5.85. The van der Waals surface area contributed by atoms with Gasteiger partial charge in [0.2, 0.25) is 0 Å². The van der Waals surface area contributed by atoms with Gasteiger partial charge in [0.15, 0.2) is 0 Å². The summed E-state index contributed by atoms with van der Waals surface area (Å²) >= 11 is 0. The lowest BCUT2D eigenvalue weighted by Gasteiger charge is -2.08. The second-order valence-electron chi connectivity index (χ2n) is 3.41. The van der Waals surface area contributed by atoms with Gasteiger partial charge in [-0.1, -0.05) is 11.6 Å². The van der Waals surface area contributed by atoms with Crippen molar-refractivity contribution in [3.8, 4) is 0 Å². The Labute approximate surface area is 87.5 Å². The molecule has 0 spiro atoms. The monoisotopic (exact) mass is 207 g/mol. The molecule has 1 rings (SSSR count). The minimum absolute atomic E-state index is 0.0174. The molecule has 80 valence electrons. The van der Waals surface area contributed by atoms with Gasteiger partial charge in [-0.2, -0.15) is 0 Å². The number of aromatic carboxylic acids is 1. The molecule has 1 aromatic heterocycles. The Morgan fingerprint density at radius 1 is 1.53 bits per heavy atom. The number of rotatable bonds is 4. The van der Waals surface area contributed by atoms with Gasteiger partial charge >= 0.3 is 5.97 Å². The van der Waals surface area contributed by atoms with Gasteiger partial charge in [0, 0.05) is 12.6 Å². The lowest BCUT2D eigenvalue weighted by atomic mass is 10.2. The second-order valence-corrected chi connectivity index (χ2v) is 3.41. The number of aromatic nitrogens is 1. The van der Waals surface area contributed by atoms with E-state index in [-0.39, 0.29) is 11.3 Å². The molecular formula is C11H13NO3. The molecule has 0 aromatic carbocycles. The molecule has 0 aliphatic rings. The van der Waals surface area contributed by atoms with Crippen LogP contribution in [0.5, 0.6) is 0 Å². The highest BCUT2D eigenvalue weighted by Crippen LogP contribution is 2.02. The van der Waals surface area contributed by atoms with Crippen molar-refractivity contribution in [2.75, 3.05) is 0 Å². The summed E-state index contributed by atoms with van der Waals surface area (Å²) in [4.78, 5) is 22.3. The number of nitrogens with zero attached hydrogens (tertiary/aromatic N) is 1. The topological polar surface area (TPSA) is 59.3 Å². The van der Waals surface area contributed by atoms with Crippen molar-refractivity contribution >= 4 is 5.97 Å². The SMILES string of the molecule is C=C(C)CCn1c(C(=O)O)cccc1=O. The van der Waals surface area contributed by atoms with Crippen LogP contribution in [0.25, 0.3) is 0 Å². The predicted octanol–water partition coefficient (Wildman–Crippen LogP) is 1.51. The van der Waals surface area contributed by atoms with Gasteiger partial charge in [0.25, 0.3) is 5.56 Å². The third-order valence-corrected chi connectivity index (χ3v) is 2.03. The van der Waals surface area contributed by atoms with Gasteiger partial charge in [0.05, 0.1) is 0 Å². The highest BCUT2D eigenvalue weighted by Gasteiger charge is 2.09. The normalized spacial score (nSPS) is 9.93. The first kappa shape index (κ1) is 11.2. The summed E-state index contributed by atoms with van der Waals surface area (Å²) in [6.07, 6.45) is 0.601. The van der Waals surface area contributed by atoms with Crippen LogP contribution in [0.15, 0.2) is 35.1 Å². The van der Waals surface area contributed by atoms with Crippen LogP contribution in [0, 0.1) is 0 Å². The minimum atomic E-state index is -1.09. The molecule has 15 heavy (non-hydrogen) atoms. The smallest absolute Gasteiger partial charge is 0.352 e. The third-order valence-electron chi connectivity index (χ3n) is 2.03. The molecule has 1 heterocycles. The maximum atomic E-state index is 11.4. The summed E-state index contributed by atoms with van der Waals surface area (Å²) < 4.78 is 1.25. The Hall–Kier alpha value is -1.84. The second kappa shape index (κ2) is 4.59. The molecule has 0 saturated heterocycles. The number of pyridine rings is 1. The largest absolute Gasteiger partial charge is 0.477 e. The quantitative estimate of drug-likeness (QED) is 0.761. The number of hydrogen-bond donors (Lipinski definition) is 1. The summed E-state index contributed by atoms with van der Waals surface area (Å²) in [6, 6.07) is 4.22. The average molecular weight is 207 g/mol. The number of carboxylic acids is 1. The molecule has 0 aliphatic carbocycles. The Balaban J connectivity index is 3.08. The molecule has 0 atom stereocenters. The number of carboxylic acid groups (broad SMARTS) is 1. The molecule has 1 N–H and O–H groups in total. The zero-order chi connectivity index (χ0) is 11.4. The van der Waals surface area contributed by atoms with Crippen molar-refractivity contribution in [1.29, 1.82) is 0 Å². The first-order valence-corrected chi connectivity index (χ1v) is 4.60. The van der Waals surface area contributed by atoms with E-state index in [9.17, 15) is 9.59 Å². The van der Waals surface area contributed by atoms with Crippen LogP contribution in [0.1, 0.15) is 23.8 Å². The molecule has 0 radical (unpaired) electrons. The van der Waals surface area contributed by atoms with Crippen LogP contribution in [0.4, 0.5) is 0 Å². The van der Waals surface area contributed by atoms with Crippen molar-refractivity contribution in [3.63, 3.8) is 0 Å². The first-order chi connectivity index (χ1) is 7.02. The molecule has 0 amide bonds. The van der Waals surface area contributed by atoms with Gasteiger partial charge in [-0.05, 0) is 19.4 Å². The van der Waals surface area contributed by atoms with Crippen LogP contribution < -0.4 is 5.56 Å². The predicted molar refractivity (Wildman–Crippen MR) is 57.1 cm³/mol. The molecule has 0 unspecified atom stereocenters. The maximum Gasteiger partial charge on any atom is 0.352 e. The van der Waals surface area contributed by atoms with Crippen molar-refractivity contribution < 1.29 is 9.90 Å². The first-order valence-electron chi connectivity index (χ1n) is 4.60. The van der Waals surface area contributed by atoms with E-state index in [4.69, 9.17) is 5.11 Å². The number of hydrogen-bond acceptors (Lipinski definition) is 2. The molecule has 0 saturated carbocycles. The molecule has 0 fully saturated rings. The summed E-state index contributed by atoms with van der Waals surface area (Å²) in [5, 5.41) is 8.87. The Morgan fingerprint density at radius 2 is 2.20 bits per heavy atom. The van der Waals surface area contributed by atoms with Gasteiger partial charge in [-0.3, -0.25) is 4.79 Å². The van der Waals surface area contributed by atoms with Crippen LogP contribution >= 0.6 is 0 Å². The van der Waals surface area contributed by atoms with Crippen LogP contribution in [0.2, 0.25) is 0 Å². The average Bonchev–Trinajstić information content (AvgIpc) is 2.15. The van der Waals surface area contributed by atoms with E-state index in [1.165, 1.54) is 22.8 Å². The molecule has 4 heteroatoms. The van der Waals surface area contributed by atoms with E-state index in [0.29, 0.717) is 13.0 Å². The fourth-order valence-corrected chi connectivity index (χ4v) is 1.24. The number of carbonyl (C=O) groups is 1. The summed E-state index contributed by atoms with van der Waals surface area (Å²) in [5.74, 6) is -1.09. The van der Waals surface area contributed by atoms with Gasteiger partial charge in [-0.15, -0.1) is 6.58 Å². The lowest BCUT2D eigenvalue weighted by Crippen LogP contribution is -2.25. The van der Waals surface area contributed by atoms with E-state index in [1.54, 1.807) is 0 Å². The van der Waals surface area contributed by atoms with E-state index in [2.05, 4.69) is 6.58 Å². The van der Waals surface area contributed by atoms with E-state index in [1.807, 2.05) is 6.92 Å². The Bertz CT molecular complexity index is 445. The van der Waals surface area contributed by atoms with Crippen molar-refractivity contribution in [2.45, 2.75) is 19.9 Å². The number of allylic oxidation sites excluding steroid dienone is 1. The molecule has 0 aliphatic heterocycles. The standard InChI is InChI=1S/C11H13NO3/c1-8(2)6-7-12-9(11(14)15)4-3-5-10(12)13/h3-5H,1,6-7H2,2H3,(H,14,15). The minimum Gasteiger partial charge on any atom is -0.477 e. The van der Waals surface area contributed by atoms with Crippen molar-refractivity contribution in [3.05, 3.63) is 46.4 Å². The van der Waals surface area contributed by atoms with Gasteiger partial charge in [0.1, 0.15) is 5.69 Å². The molecular weight excluding hydrogens is 194 g/mol. The maximum absolute atomic E-state index is 11.4. The summed E-state index contributed by atoms with van der Waals surface area (Å²) in [7, 11) is 0. The van der Waals surface area contributed by atoms with Crippen LogP contribution in [0.3, 0.4) is 0 Å². The Morgan fingerprint density at radius 3 is 2.73 bits per heavy atom. The van der Waals surface area contributed by atoms with E-state index < -0.39 is 5.97 Å². The zero-order valence-electron chi connectivity index (χ0n) is 8.56. The molecule has 4 nitrogen and oxygen atoms in total. The summed E-state index contributed by atoms with van der Waals surface area (Å²) in [6.45, 7) is 5.91. The molecule has 0 bridgehead atoms. The fraction of sp³-hybridized carbons (Fsp3) is 0.273. The summed E-state index contributed by atoms with van der Waals surface area (Å²) in [5.41, 5.74) is 0.641. The van der Waals surface area contributed by atoms with E-state index in [0.717, 1.165) is 5.57 Å². The van der Waals surface area contributed by atoms with Crippen LogP contribution in [-0.4, -0.2) is 15.6 Å². The van der Waals surface area contributed by atoms with Crippen molar-refractivity contribution in [1.82, 2.24) is 4.57 Å². The van der Waals surface area contributed by atoms with Crippen LogP contribution in [-0.2, 0) is 6.54 Å². The Kier molecular flexibility index (Phi) is 3.44. The van der Waals surface area contributed by atoms with Gasteiger partial charge in [-0.25, -0.2) is 4.79 Å².